The van der Waals surface area contributed by atoms with Crippen molar-refractivity contribution in [3.63, 3.8) is 0 Å². The fourth-order valence-electron chi connectivity index (χ4n) is 2.61. The Morgan fingerprint density at radius 1 is 1.30 bits per heavy atom. The van der Waals surface area contributed by atoms with Gasteiger partial charge in [-0.3, -0.25) is 4.79 Å². The molecule has 0 amide bonds. The number of carboxylic acid groups (broad SMARTS) is 1. The molecule has 1 atom stereocenters. The Bertz CT molecular complexity index is 511. The van der Waals surface area contributed by atoms with Gasteiger partial charge in [-0.15, -0.1) is 12.4 Å². The molecule has 1 aromatic carbocycles. The maximum absolute atomic E-state index is 10.9. The third-order valence-electron chi connectivity index (χ3n) is 4.06. The number of aliphatic hydroxyl groups excluding tert-OH is 1. The summed E-state index contributed by atoms with van der Waals surface area (Å²) < 4.78 is 0. The van der Waals surface area contributed by atoms with Gasteiger partial charge in [-0.05, 0) is 50.0 Å². The lowest BCUT2D eigenvalue weighted by molar-refractivity contribution is -0.143. The summed E-state index contributed by atoms with van der Waals surface area (Å²) >= 11 is 5.82. The second-order valence-corrected chi connectivity index (χ2v) is 6.16. The van der Waals surface area contributed by atoms with Gasteiger partial charge >= 0.3 is 5.97 Å². The molecule has 0 spiro atoms. The molecule has 1 heterocycles. The van der Waals surface area contributed by atoms with Crippen molar-refractivity contribution in [2.45, 2.75) is 25.4 Å². The topological polar surface area (TPSA) is 60.8 Å². The molecule has 1 fully saturated rings. The lowest BCUT2D eigenvalue weighted by Crippen LogP contribution is -2.37. The number of nitrogens with zero attached hydrogens (tertiary/aromatic N) is 1. The number of benzene rings is 1. The Hall–Kier alpha value is -1.07. The van der Waals surface area contributed by atoms with Crippen LogP contribution in [0.25, 0.3) is 6.08 Å². The molecule has 0 saturated carbocycles. The molecule has 1 unspecified atom stereocenters. The van der Waals surface area contributed by atoms with Crippen molar-refractivity contribution in [2.24, 2.45) is 5.92 Å². The summed E-state index contributed by atoms with van der Waals surface area (Å²) in [7, 11) is 0. The van der Waals surface area contributed by atoms with Crippen LogP contribution >= 0.6 is 24.0 Å². The van der Waals surface area contributed by atoms with Crippen LogP contribution in [0.2, 0.25) is 5.02 Å². The molecule has 1 aliphatic heterocycles. The van der Waals surface area contributed by atoms with E-state index in [-0.39, 0.29) is 18.3 Å². The number of likely N-dealkylation sites (tertiary alicyclic amines) is 1. The largest absolute Gasteiger partial charge is 0.481 e. The van der Waals surface area contributed by atoms with Gasteiger partial charge in [0.2, 0.25) is 0 Å². The van der Waals surface area contributed by atoms with E-state index >= 15 is 0 Å². The van der Waals surface area contributed by atoms with Crippen molar-refractivity contribution in [1.82, 2.24) is 4.90 Å². The first-order valence-corrected chi connectivity index (χ1v) is 7.99. The average molecular weight is 360 g/mol. The Morgan fingerprint density at radius 2 is 1.91 bits per heavy atom. The number of rotatable bonds is 6. The highest BCUT2D eigenvalue weighted by molar-refractivity contribution is 6.30. The van der Waals surface area contributed by atoms with Crippen LogP contribution in [-0.4, -0.2) is 46.8 Å². The van der Waals surface area contributed by atoms with Crippen LogP contribution < -0.4 is 0 Å². The number of aliphatic carboxylic acids is 1. The molecule has 6 heteroatoms. The highest BCUT2D eigenvalue weighted by Crippen LogP contribution is 2.18. The lowest BCUT2D eigenvalue weighted by atomic mass is 9.97. The third kappa shape index (κ3) is 6.92. The summed E-state index contributed by atoms with van der Waals surface area (Å²) in [6.45, 7) is 2.38. The molecule has 0 aliphatic carbocycles. The molecule has 2 rings (SSSR count). The van der Waals surface area contributed by atoms with Gasteiger partial charge in [0.25, 0.3) is 0 Å². The van der Waals surface area contributed by atoms with Crippen molar-refractivity contribution in [3.8, 4) is 0 Å². The van der Waals surface area contributed by atoms with Gasteiger partial charge in [0.05, 0.1) is 12.0 Å². The van der Waals surface area contributed by atoms with E-state index in [1.54, 1.807) is 6.08 Å². The molecule has 1 aliphatic rings. The Labute approximate surface area is 148 Å². The van der Waals surface area contributed by atoms with Crippen LogP contribution in [0.15, 0.2) is 30.3 Å². The van der Waals surface area contributed by atoms with Crippen LogP contribution in [0, 0.1) is 5.92 Å². The van der Waals surface area contributed by atoms with Crippen molar-refractivity contribution in [2.75, 3.05) is 19.6 Å². The van der Waals surface area contributed by atoms with Crippen LogP contribution in [0.1, 0.15) is 24.8 Å². The van der Waals surface area contributed by atoms with Gasteiger partial charge in [-0.1, -0.05) is 35.9 Å². The minimum Gasteiger partial charge on any atom is -0.481 e. The molecule has 4 nitrogen and oxygen atoms in total. The van der Waals surface area contributed by atoms with E-state index in [4.69, 9.17) is 16.7 Å². The van der Waals surface area contributed by atoms with E-state index in [9.17, 15) is 9.90 Å². The summed E-state index contributed by atoms with van der Waals surface area (Å²) in [6, 6.07) is 7.45. The van der Waals surface area contributed by atoms with E-state index < -0.39 is 12.1 Å². The van der Waals surface area contributed by atoms with Crippen molar-refractivity contribution >= 4 is 36.1 Å². The zero-order valence-corrected chi connectivity index (χ0v) is 14.5. The van der Waals surface area contributed by atoms with Crippen molar-refractivity contribution in [1.29, 1.82) is 0 Å². The fourth-order valence-corrected chi connectivity index (χ4v) is 2.74. The molecule has 23 heavy (non-hydrogen) atoms. The monoisotopic (exact) mass is 359 g/mol. The molecule has 0 bridgehead atoms. The number of hydrogen-bond donors (Lipinski definition) is 2. The second kappa shape index (κ2) is 9.93. The van der Waals surface area contributed by atoms with Crippen LogP contribution in [0.5, 0.6) is 0 Å². The van der Waals surface area contributed by atoms with Gasteiger partial charge < -0.3 is 15.1 Å². The Balaban J connectivity index is 0.00000264. The SMILES string of the molecule is Cl.O=C(O)C1CCN(CCC(O)C=Cc2ccc(Cl)cc2)CC1. The van der Waals surface area contributed by atoms with Crippen molar-refractivity contribution < 1.29 is 15.0 Å². The first-order chi connectivity index (χ1) is 10.5. The number of carboxylic acids is 1. The first kappa shape index (κ1) is 20.0. The normalized spacial score (nSPS) is 17.8. The molecule has 1 saturated heterocycles. The summed E-state index contributed by atoms with van der Waals surface area (Å²) in [4.78, 5) is 13.1. The summed E-state index contributed by atoms with van der Waals surface area (Å²) in [5, 5.41) is 19.7. The molecule has 128 valence electrons. The minimum atomic E-state index is -0.689. The summed E-state index contributed by atoms with van der Waals surface area (Å²) in [5.41, 5.74) is 1.01. The third-order valence-corrected chi connectivity index (χ3v) is 4.31. The second-order valence-electron chi connectivity index (χ2n) is 5.72. The van der Waals surface area contributed by atoms with Gasteiger partial charge in [-0.2, -0.15) is 0 Å². The van der Waals surface area contributed by atoms with E-state index in [2.05, 4.69) is 4.90 Å². The molecule has 0 radical (unpaired) electrons. The zero-order valence-electron chi connectivity index (χ0n) is 12.9. The molecular formula is C17H23Cl2NO3. The Morgan fingerprint density at radius 3 is 2.48 bits per heavy atom. The molecule has 1 aromatic rings. The van der Waals surface area contributed by atoms with Gasteiger partial charge in [0.1, 0.15) is 0 Å². The fraction of sp³-hybridized carbons (Fsp3) is 0.471. The quantitative estimate of drug-likeness (QED) is 0.817. The number of halogens is 2. The van der Waals surface area contributed by atoms with E-state index in [0.717, 1.165) is 25.2 Å². The summed E-state index contributed by atoms with van der Waals surface area (Å²) in [6.07, 6.45) is 5.23. The minimum absolute atomic E-state index is 0. The number of hydrogen-bond acceptors (Lipinski definition) is 3. The summed E-state index contributed by atoms with van der Waals surface area (Å²) in [5.74, 6) is -0.892. The molecule has 0 aromatic heterocycles. The van der Waals surface area contributed by atoms with Crippen LogP contribution in [0.4, 0.5) is 0 Å². The highest BCUT2D eigenvalue weighted by Gasteiger charge is 2.24. The van der Waals surface area contributed by atoms with E-state index in [0.29, 0.717) is 24.3 Å². The average Bonchev–Trinajstić information content (AvgIpc) is 2.52. The maximum Gasteiger partial charge on any atom is 0.306 e. The predicted octanol–water partition coefficient (Wildman–Crippen LogP) is 3.32. The highest BCUT2D eigenvalue weighted by atomic mass is 35.5. The predicted molar refractivity (Wildman–Crippen MR) is 95.2 cm³/mol. The first-order valence-electron chi connectivity index (χ1n) is 7.61. The smallest absolute Gasteiger partial charge is 0.306 e. The Kier molecular flexibility index (Phi) is 8.63. The number of piperidine rings is 1. The van der Waals surface area contributed by atoms with E-state index in [1.807, 2.05) is 30.3 Å². The van der Waals surface area contributed by atoms with E-state index in [1.165, 1.54) is 0 Å². The lowest BCUT2D eigenvalue weighted by Gasteiger charge is -2.30. The van der Waals surface area contributed by atoms with Gasteiger partial charge in [-0.25, -0.2) is 0 Å². The van der Waals surface area contributed by atoms with Gasteiger partial charge in [0, 0.05) is 11.6 Å². The standard InChI is InChI=1S/C17H22ClNO3.ClH/c18-15-4-1-13(2-5-15)3-6-16(20)9-12-19-10-7-14(8-11-19)17(21)22;/h1-6,14,16,20H,7-12H2,(H,21,22);1H. The van der Waals surface area contributed by atoms with Crippen molar-refractivity contribution in [3.05, 3.63) is 40.9 Å². The maximum atomic E-state index is 10.9. The zero-order chi connectivity index (χ0) is 15.9. The number of carbonyl (C=O) groups is 1. The number of aliphatic hydroxyl groups is 1. The van der Waals surface area contributed by atoms with Crippen LogP contribution in [-0.2, 0) is 4.79 Å². The molecule has 2 N–H and O–H groups in total. The molecular weight excluding hydrogens is 337 g/mol. The van der Waals surface area contributed by atoms with Gasteiger partial charge in [0.15, 0.2) is 0 Å². The van der Waals surface area contributed by atoms with Crippen LogP contribution in [0.3, 0.4) is 0 Å².